The van der Waals surface area contributed by atoms with Crippen molar-refractivity contribution < 1.29 is 47.1 Å². The molecule has 0 aliphatic carbocycles. The van der Waals surface area contributed by atoms with E-state index in [4.69, 9.17) is 23.2 Å². The Bertz CT molecular complexity index is 285. The SMILES string of the molecule is Fc1cc(F)c(Cl)c(F)c1Cl.[Br-].[Br-].[Mg+2]. The van der Waals surface area contributed by atoms with Gasteiger partial charge in [0, 0.05) is 6.07 Å². The maximum absolute atomic E-state index is 12.5. The van der Waals surface area contributed by atoms with Crippen molar-refractivity contribution in [2.45, 2.75) is 0 Å². The van der Waals surface area contributed by atoms with Crippen LogP contribution in [0.3, 0.4) is 0 Å². The summed E-state index contributed by atoms with van der Waals surface area (Å²) in [5.74, 6) is -3.59. The molecule has 0 saturated carbocycles. The van der Waals surface area contributed by atoms with Crippen LogP contribution in [0, 0.1) is 17.5 Å². The maximum Gasteiger partial charge on any atom is 2.00 e. The van der Waals surface area contributed by atoms with Gasteiger partial charge >= 0.3 is 23.1 Å². The molecule has 0 saturated heterocycles. The van der Waals surface area contributed by atoms with Gasteiger partial charge in [-0.05, 0) is 0 Å². The molecule has 1 aromatic rings. The Morgan fingerprint density at radius 3 is 1.43 bits per heavy atom. The molecule has 0 aromatic heterocycles. The number of hydrogen-bond acceptors (Lipinski definition) is 0. The zero-order valence-electron chi connectivity index (χ0n) is 6.43. The molecule has 1 aromatic carbocycles. The first-order valence-corrected chi connectivity index (χ1v) is 3.28. The summed E-state index contributed by atoms with van der Waals surface area (Å²) in [7, 11) is 0. The topological polar surface area (TPSA) is 0 Å². The number of halogens is 7. The smallest absolute Gasteiger partial charge is 1.00 e. The minimum atomic E-state index is -1.27. The molecule has 0 aliphatic heterocycles. The van der Waals surface area contributed by atoms with E-state index in [-0.39, 0.29) is 57.0 Å². The fourth-order valence-electron chi connectivity index (χ4n) is 0.544. The largest absolute Gasteiger partial charge is 2.00 e. The standard InChI is InChI=1S/C6HCl2F3.2BrH.Mg/c7-4-2(9)1-3(10)5(8)6(4)11;;;/h1H;2*1H;/q;;;+2/p-2. The van der Waals surface area contributed by atoms with Gasteiger partial charge in [-0.3, -0.25) is 0 Å². The summed E-state index contributed by atoms with van der Waals surface area (Å²) in [6.07, 6.45) is 0. The van der Waals surface area contributed by atoms with Crippen LogP contribution in [0.4, 0.5) is 13.2 Å². The Balaban J connectivity index is -0.000000403. The molecule has 0 N–H and O–H groups in total. The van der Waals surface area contributed by atoms with Gasteiger partial charge in [-0.2, -0.15) is 0 Å². The van der Waals surface area contributed by atoms with Gasteiger partial charge in [0.2, 0.25) is 0 Å². The first-order chi connectivity index (χ1) is 5.04. The van der Waals surface area contributed by atoms with E-state index in [0.29, 0.717) is 6.07 Å². The molecule has 0 spiro atoms. The summed E-state index contributed by atoms with van der Waals surface area (Å²) in [5, 5.41) is -1.59. The van der Waals surface area contributed by atoms with Crippen molar-refractivity contribution >= 4 is 46.3 Å². The van der Waals surface area contributed by atoms with E-state index < -0.39 is 27.5 Å². The van der Waals surface area contributed by atoms with Gasteiger partial charge in [-0.25, -0.2) is 13.2 Å². The quantitative estimate of drug-likeness (QED) is 0.255. The molecule has 0 nitrogen and oxygen atoms in total. The second-order valence-electron chi connectivity index (χ2n) is 1.78. The molecule has 0 fully saturated rings. The van der Waals surface area contributed by atoms with Crippen LogP contribution in [0.1, 0.15) is 0 Å². The van der Waals surface area contributed by atoms with E-state index >= 15 is 0 Å². The molecule has 0 unspecified atom stereocenters. The van der Waals surface area contributed by atoms with Crippen LogP contribution in [0.15, 0.2) is 6.07 Å². The van der Waals surface area contributed by atoms with Crippen LogP contribution in [-0.2, 0) is 0 Å². The third-order valence-corrected chi connectivity index (χ3v) is 1.75. The third kappa shape index (κ3) is 4.45. The molecular formula is C6HBr2Cl2F3Mg. The van der Waals surface area contributed by atoms with E-state index in [0.717, 1.165) is 0 Å². The molecule has 0 aliphatic rings. The molecule has 0 heterocycles. The molecule has 0 radical (unpaired) electrons. The fraction of sp³-hybridized carbons (Fsp3) is 0. The average Bonchev–Trinajstić information content (AvgIpc) is 1.97. The van der Waals surface area contributed by atoms with Gasteiger partial charge in [0.1, 0.15) is 21.7 Å². The van der Waals surface area contributed by atoms with Gasteiger partial charge in [0.15, 0.2) is 5.82 Å². The zero-order valence-corrected chi connectivity index (χ0v) is 12.5. The third-order valence-electron chi connectivity index (χ3n) is 1.06. The molecule has 14 heavy (non-hydrogen) atoms. The summed E-state index contributed by atoms with van der Waals surface area (Å²) in [6, 6.07) is 0.424. The average molecular weight is 385 g/mol. The summed E-state index contributed by atoms with van der Waals surface area (Å²) in [5.41, 5.74) is 0. The first-order valence-electron chi connectivity index (χ1n) is 2.52. The number of hydrogen-bond donors (Lipinski definition) is 0. The molecular weight excluding hydrogens is 384 g/mol. The number of benzene rings is 1. The van der Waals surface area contributed by atoms with E-state index in [1.807, 2.05) is 0 Å². The van der Waals surface area contributed by atoms with Crippen LogP contribution < -0.4 is 34.0 Å². The predicted octanol–water partition coefficient (Wildman–Crippen LogP) is -2.96. The van der Waals surface area contributed by atoms with Crippen LogP contribution in [0.25, 0.3) is 0 Å². The molecule has 1 rings (SSSR count). The van der Waals surface area contributed by atoms with E-state index in [1.165, 1.54) is 0 Å². The van der Waals surface area contributed by atoms with Crippen LogP contribution >= 0.6 is 23.2 Å². The van der Waals surface area contributed by atoms with Crippen molar-refractivity contribution in [2.75, 3.05) is 0 Å². The minimum Gasteiger partial charge on any atom is -1.00 e. The van der Waals surface area contributed by atoms with Crippen molar-refractivity contribution in [1.29, 1.82) is 0 Å². The Hall–Kier alpha value is 1.32. The van der Waals surface area contributed by atoms with Crippen molar-refractivity contribution in [1.82, 2.24) is 0 Å². The summed E-state index contributed by atoms with van der Waals surface area (Å²) < 4.78 is 37.2. The summed E-state index contributed by atoms with van der Waals surface area (Å²) >= 11 is 10.1. The van der Waals surface area contributed by atoms with Crippen LogP contribution in [0.5, 0.6) is 0 Å². The Morgan fingerprint density at radius 2 is 1.14 bits per heavy atom. The molecule has 0 bridgehead atoms. The van der Waals surface area contributed by atoms with Crippen molar-refractivity contribution in [3.63, 3.8) is 0 Å². The second kappa shape index (κ2) is 8.47. The van der Waals surface area contributed by atoms with Gasteiger partial charge in [-0.1, -0.05) is 23.2 Å². The molecule has 0 amide bonds. The Labute approximate surface area is 126 Å². The summed E-state index contributed by atoms with van der Waals surface area (Å²) in [4.78, 5) is 0. The van der Waals surface area contributed by atoms with Crippen molar-refractivity contribution in [2.24, 2.45) is 0 Å². The van der Waals surface area contributed by atoms with Crippen LogP contribution in [-0.4, -0.2) is 23.1 Å². The van der Waals surface area contributed by atoms with Crippen molar-refractivity contribution in [3.05, 3.63) is 33.6 Å². The maximum atomic E-state index is 12.5. The Morgan fingerprint density at radius 1 is 0.857 bits per heavy atom. The predicted molar refractivity (Wildman–Crippen MR) is 42.1 cm³/mol. The minimum absolute atomic E-state index is 0. The van der Waals surface area contributed by atoms with Crippen molar-refractivity contribution in [3.8, 4) is 0 Å². The first kappa shape index (κ1) is 20.7. The van der Waals surface area contributed by atoms with Gasteiger partial charge < -0.3 is 34.0 Å². The van der Waals surface area contributed by atoms with E-state index in [1.54, 1.807) is 0 Å². The molecule has 0 atom stereocenters. The van der Waals surface area contributed by atoms with E-state index in [2.05, 4.69) is 0 Å². The van der Waals surface area contributed by atoms with Crippen LogP contribution in [0.2, 0.25) is 10.0 Å². The van der Waals surface area contributed by atoms with Gasteiger partial charge in [-0.15, -0.1) is 0 Å². The normalized spacial score (nSPS) is 8.07. The zero-order chi connectivity index (χ0) is 8.59. The van der Waals surface area contributed by atoms with E-state index in [9.17, 15) is 13.2 Å². The summed E-state index contributed by atoms with van der Waals surface area (Å²) in [6.45, 7) is 0. The molecule has 76 valence electrons. The van der Waals surface area contributed by atoms with Gasteiger partial charge in [0.05, 0.1) is 0 Å². The Kier molecular flexibility index (Phi) is 12.5. The van der Waals surface area contributed by atoms with Gasteiger partial charge in [0.25, 0.3) is 0 Å². The number of rotatable bonds is 0. The second-order valence-corrected chi connectivity index (χ2v) is 2.54. The monoisotopic (exact) mass is 382 g/mol. The fourth-order valence-corrected chi connectivity index (χ4v) is 0.890. The molecule has 8 heteroatoms.